The molecule has 1 spiro atoms. The van der Waals surface area contributed by atoms with Crippen molar-refractivity contribution in [3.05, 3.63) is 46.7 Å². The number of methoxy groups -OCH3 is 1. The van der Waals surface area contributed by atoms with Crippen molar-refractivity contribution in [2.45, 2.75) is 44.1 Å². The molecule has 1 aromatic heterocycles. The number of carbonyl (C=O) groups excluding carboxylic acids is 1. The zero-order valence-electron chi connectivity index (χ0n) is 16.8. The summed E-state index contributed by atoms with van der Waals surface area (Å²) < 4.78 is 16.8. The first-order chi connectivity index (χ1) is 14.2. The van der Waals surface area contributed by atoms with Gasteiger partial charge in [0.05, 0.1) is 33.4 Å². The minimum atomic E-state index is -0.393. The fourth-order valence-electron chi connectivity index (χ4n) is 4.06. The highest BCUT2D eigenvalue weighted by atomic mass is 32.1. The van der Waals surface area contributed by atoms with Crippen molar-refractivity contribution < 1.29 is 19.0 Å². The van der Waals surface area contributed by atoms with Crippen LogP contribution in [0.2, 0.25) is 0 Å². The SMILES string of the molecule is COc1ccc(N(CC(=O)NC2CCC3(CC2)OCCO3)Cc2cccs2)cc1. The summed E-state index contributed by atoms with van der Waals surface area (Å²) in [5.41, 5.74) is 1.00. The van der Waals surface area contributed by atoms with Crippen LogP contribution in [0.15, 0.2) is 41.8 Å². The molecule has 6 nitrogen and oxygen atoms in total. The molecule has 2 aliphatic rings. The van der Waals surface area contributed by atoms with E-state index in [1.165, 1.54) is 4.88 Å². The van der Waals surface area contributed by atoms with Gasteiger partial charge in [-0.05, 0) is 48.6 Å². The van der Waals surface area contributed by atoms with Gasteiger partial charge in [-0.3, -0.25) is 4.79 Å². The first-order valence-corrected chi connectivity index (χ1v) is 11.0. The van der Waals surface area contributed by atoms with Gasteiger partial charge in [-0.15, -0.1) is 11.3 Å². The van der Waals surface area contributed by atoms with Gasteiger partial charge in [-0.1, -0.05) is 6.07 Å². The van der Waals surface area contributed by atoms with Crippen LogP contribution in [-0.2, 0) is 20.8 Å². The predicted octanol–water partition coefficient (Wildman–Crippen LogP) is 3.57. The van der Waals surface area contributed by atoms with Gasteiger partial charge in [0.25, 0.3) is 0 Å². The number of rotatable bonds is 7. The average Bonchev–Trinajstić information content (AvgIpc) is 3.42. The van der Waals surface area contributed by atoms with E-state index in [1.807, 2.05) is 30.3 Å². The number of carbonyl (C=O) groups is 1. The fraction of sp³-hybridized carbons (Fsp3) is 0.500. The maximum atomic E-state index is 12.8. The summed E-state index contributed by atoms with van der Waals surface area (Å²) in [4.78, 5) is 16.2. The second kappa shape index (κ2) is 9.15. The van der Waals surface area contributed by atoms with Crippen molar-refractivity contribution in [2.75, 3.05) is 31.8 Å². The van der Waals surface area contributed by atoms with Crippen molar-refractivity contribution in [1.29, 1.82) is 0 Å². The predicted molar refractivity (Wildman–Crippen MR) is 113 cm³/mol. The minimum Gasteiger partial charge on any atom is -0.497 e. The molecule has 1 aliphatic heterocycles. The van der Waals surface area contributed by atoms with Crippen molar-refractivity contribution in [3.63, 3.8) is 0 Å². The van der Waals surface area contributed by atoms with E-state index in [0.717, 1.165) is 37.1 Å². The van der Waals surface area contributed by atoms with E-state index in [2.05, 4.69) is 21.7 Å². The third-order valence-electron chi connectivity index (χ3n) is 5.62. The number of hydrogen-bond donors (Lipinski definition) is 1. The summed E-state index contributed by atoms with van der Waals surface area (Å²) in [6, 6.07) is 12.2. The average molecular weight is 417 g/mol. The Morgan fingerprint density at radius 1 is 1.21 bits per heavy atom. The maximum absolute atomic E-state index is 12.8. The van der Waals surface area contributed by atoms with Crippen molar-refractivity contribution in [3.8, 4) is 5.75 Å². The lowest BCUT2D eigenvalue weighted by molar-refractivity contribution is -0.180. The van der Waals surface area contributed by atoms with Gasteiger partial charge in [0.15, 0.2) is 5.79 Å². The highest BCUT2D eigenvalue weighted by Crippen LogP contribution is 2.35. The van der Waals surface area contributed by atoms with Gasteiger partial charge in [-0.25, -0.2) is 0 Å². The van der Waals surface area contributed by atoms with Gasteiger partial charge in [0.2, 0.25) is 5.91 Å². The quantitative estimate of drug-likeness (QED) is 0.748. The van der Waals surface area contributed by atoms with E-state index < -0.39 is 5.79 Å². The molecule has 1 aliphatic carbocycles. The summed E-state index contributed by atoms with van der Waals surface area (Å²) >= 11 is 1.70. The molecule has 0 bridgehead atoms. The fourth-order valence-corrected chi connectivity index (χ4v) is 4.78. The lowest BCUT2D eigenvalue weighted by atomic mass is 9.90. The van der Waals surface area contributed by atoms with E-state index in [4.69, 9.17) is 14.2 Å². The molecule has 2 heterocycles. The first-order valence-electron chi connectivity index (χ1n) is 10.1. The standard InChI is InChI=1S/C22H28N2O4S/c1-26-19-6-4-18(5-7-19)24(15-20-3-2-14-29-20)16-21(25)23-17-8-10-22(11-9-17)27-12-13-28-22/h2-7,14,17H,8-13,15-16H2,1H3,(H,23,25). The Morgan fingerprint density at radius 3 is 2.55 bits per heavy atom. The molecule has 0 radical (unpaired) electrons. The molecule has 2 fully saturated rings. The monoisotopic (exact) mass is 416 g/mol. The smallest absolute Gasteiger partial charge is 0.239 e. The number of nitrogens with zero attached hydrogens (tertiary/aromatic N) is 1. The molecule has 1 saturated heterocycles. The van der Waals surface area contributed by atoms with Crippen LogP contribution in [0.5, 0.6) is 5.75 Å². The van der Waals surface area contributed by atoms with E-state index in [1.54, 1.807) is 18.4 Å². The lowest BCUT2D eigenvalue weighted by Gasteiger charge is -2.36. The Morgan fingerprint density at radius 2 is 1.93 bits per heavy atom. The molecule has 1 aromatic carbocycles. The second-order valence-electron chi connectivity index (χ2n) is 7.58. The third-order valence-corrected chi connectivity index (χ3v) is 6.49. The highest BCUT2D eigenvalue weighted by Gasteiger charge is 2.40. The molecule has 4 rings (SSSR count). The van der Waals surface area contributed by atoms with E-state index >= 15 is 0 Å². The molecule has 7 heteroatoms. The van der Waals surface area contributed by atoms with Crippen LogP contribution in [0.25, 0.3) is 0 Å². The second-order valence-corrected chi connectivity index (χ2v) is 8.62. The lowest BCUT2D eigenvalue weighted by Crippen LogP contribution is -2.46. The van der Waals surface area contributed by atoms with Crippen LogP contribution in [0.1, 0.15) is 30.6 Å². The van der Waals surface area contributed by atoms with E-state index in [-0.39, 0.29) is 11.9 Å². The topological polar surface area (TPSA) is 60.0 Å². The number of anilines is 1. The first kappa shape index (κ1) is 20.2. The minimum absolute atomic E-state index is 0.0478. The van der Waals surface area contributed by atoms with E-state index in [9.17, 15) is 4.79 Å². The number of thiophene rings is 1. The van der Waals surface area contributed by atoms with Gasteiger partial charge >= 0.3 is 0 Å². The maximum Gasteiger partial charge on any atom is 0.239 e. The number of hydrogen-bond acceptors (Lipinski definition) is 6. The third kappa shape index (κ3) is 5.10. The van der Waals surface area contributed by atoms with Gasteiger partial charge in [-0.2, -0.15) is 0 Å². The van der Waals surface area contributed by atoms with Crippen LogP contribution in [-0.4, -0.2) is 44.6 Å². The Labute approximate surface area is 175 Å². The normalized spacial score (nSPS) is 18.7. The summed E-state index contributed by atoms with van der Waals surface area (Å²) in [7, 11) is 1.65. The van der Waals surface area contributed by atoms with Crippen molar-refractivity contribution in [2.24, 2.45) is 0 Å². The Hall–Kier alpha value is -2.09. The molecule has 0 unspecified atom stereocenters. The Balaban J connectivity index is 1.36. The number of nitrogens with one attached hydrogen (secondary N) is 1. The molecule has 1 N–H and O–H groups in total. The largest absolute Gasteiger partial charge is 0.497 e. The van der Waals surface area contributed by atoms with E-state index in [0.29, 0.717) is 26.3 Å². The Bertz CT molecular complexity index is 778. The van der Waals surface area contributed by atoms with Gasteiger partial charge in [0.1, 0.15) is 5.75 Å². The van der Waals surface area contributed by atoms with Crippen LogP contribution in [0.4, 0.5) is 5.69 Å². The summed E-state index contributed by atoms with van der Waals surface area (Å²) in [6.07, 6.45) is 3.46. The van der Waals surface area contributed by atoms with Crippen molar-refractivity contribution in [1.82, 2.24) is 5.32 Å². The number of ether oxygens (including phenoxy) is 3. The van der Waals surface area contributed by atoms with Gasteiger partial charge < -0.3 is 24.4 Å². The summed E-state index contributed by atoms with van der Waals surface area (Å²) in [6.45, 7) is 2.37. The molecule has 2 aromatic rings. The number of amides is 1. The van der Waals surface area contributed by atoms with Crippen LogP contribution in [0.3, 0.4) is 0 Å². The summed E-state index contributed by atoms with van der Waals surface area (Å²) in [5.74, 6) is 0.462. The number of benzene rings is 1. The van der Waals surface area contributed by atoms with Crippen molar-refractivity contribution >= 4 is 22.9 Å². The molecule has 156 valence electrons. The molecule has 1 saturated carbocycles. The molecule has 1 amide bonds. The van der Waals surface area contributed by atoms with Crippen LogP contribution >= 0.6 is 11.3 Å². The van der Waals surface area contributed by atoms with Crippen LogP contribution < -0.4 is 15.0 Å². The molecular weight excluding hydrogens is 388 g/mol. The van der Waals surface area contributed by atoms with Crippen LogP contribution in [0, 0.1) is 0 Å². The summed E-state index contributed by atoms with van der Waals surface area (Å²) in [5, 5.41) is 5.28. The zero-order valence-corrected chi connectivity index (χ0v) is 17.6. The molecule has 29 heavy (non-hydrogen) atoms. The molecule has 0 atom stereocenters. The molecular formula is C22H28N2O4S. The van der Waals surface area contributed by atoms with Gasteiger partial charge in [0, 0.05) is 29.4 Å². The highest BCUT2D eigenvalue weighted by molar-refractivity contribution is 7.09. The Kier molecular flexibility index (Phi) is 6.37. The zero-order chi connectivity index (χ0) is 20.1.